The molecule has 0 aromatic heterocycles. The third-order valence-corrected chi connectivity index (χ3v) is 4.22. The van der Waals surface area contributed by atoms with E-state index in [4.69, 9.17) is 0 Å². The van der Waals surface area contributed by atoms with Gasteiger partial charge in [-0.2, -0.15) is 0 Å². The lowest BCUT2D eigenvalue weighted by atomic mass is 10.2. The first kappa shape index (κ1) is 14.3. The van der Waals surface area contributed by atoms with Gasteiger partial charge in [0.15, 0.2) is 0 Å². The van der Waals surface area contributed by atoms with Crippen LogP contribution in [0.15, 0.2) is 46.9 Å². The molecular formula is C13H10BrIN2O2. The summed E-state index contributed by atoms with van der Waals surface area (Å²) in [4.78, 5) is 10.4. The van der Waals surface area contributed by atoms with Crippen LogP contribution in [0.25, 0.3) is 0 Å². The largest absolute Gasteiger partial charge is 0.381 e. The van der Waals surface area contributed by atoms with Gasteiger partial charge in [-0.25, -0.2) is 0 Å². The Hall–Kier alpha value is -1.15. The van der Waals surface area contributed by atoms with Gasteiger partial charge in [0.25, 0.3) is 5.69 Å². The normalized spacial score (nSPS) is 10.2. The molecule has 0 aliphatic carbocycles. The average Bonchev–Trinajstić information content (AvgIpc) is 2.39. The highest BCUT2D eigenvalue weighted by atomic mass is 127. The summed E-state index contributed by atoms with van der Waals surface area (Å²) in [6.07, 6.45) is 0. The molecule has 0 radical (unpaired) electrons. The number of halogens is 2. The van der Waals surface area contributed by atoms with Crippen molar-refractivity contribution >= 4 is 49.9 Å². The number of nitro groups is 1. The monoisotopic (exact) mass is 432 g/mol. The Morgan fingerprint density at radius 1 is 1.21 bits per heavy atom. The number of nitrogens with one attached hydrogen (secondary N) is 1. The molecule has 0 amide bonds. The minimum absolute atomic E-state index is 0.0851. The molecule has 0 unspecified atom stereocenters. The smallest absolute Gasteiger partial charge is 0.283 e. The summed E-state index contributed by atoms with van der Waals surface area (Å²) in [6, 6.07) is 13.0. The molecule has 6 heteroatoms. The Morgan fingerprint density at radius 3 is 2.53 bits per heavy atom. The predicted octanol–water partition coefficient (Wildman–Crippen LogP) is 4.57. The van der Waals surface area contributed by atoms with Crippen LogP contribution in [-0.4, -0.2) is 4.92 Å². The molecule has 2 aromatic rings. The van der Waals surface area contributed by atoms with Crippen LogP contribution in [-0.2, 0) is 6.54 Å². The van der Waals surface area contributed by atoms with E-state index in [0.717, 1.165) is 11.3 Å². The second-order valence-electron chi connectivity index (χ2n) is 3.87. The number of nitro benzene ring substituents is 1. The molecule has 0 atom stereocenters. The van der Waals surface area contributed by atoms with E-state index in [0.29, 0.717) is 11.0 Å². The van der Waals surface area contributed by atoms with Crippen molar-refractivity contribution in [1.82, 2.24) is 0 Å². The predicted molar refractivity (Wildman–Crippen MR) is 87.3 cm³/mol. The third kappa shape index (κ3) is 3.66. The topological polar surface area (TPSA) is 55.2 Å². The van der Waals surface area contributed by atoms with Gasteiger partial charge in [-0.15, -0.1) is 0 Å². The molecule has 2 rings (SSSR count). The number of rotatable bonds is 4. The first-order chi connectivity index (χ1) is 9.08. The molecule has 19 heavy (non-hydrogen) atoms. The summed E-state index contributed by atoms with van der Waals surface area (Å²) in [5.74, 6) is 0. The molecule has 4 nitrogen and oxygen atoms in total. The summed E-state index contributed by atoms with van der Waals surface area (Å²) in [5, 5.41) is 14.1. The lowest BCUT2D eigenvalue weighted by Crippen LogP contribution is -2.01. The molecular weight excluding hydrogens is 423 g/mol. The highest BCUT2D eigenvalue weighted by Crippen LogP contribution is 2.28. The number of nitrogens with zero attached hydrogens (tertiary/aromatic N) is 1. The van der Waals surface area contributed by atoms with Crippen LogP contribution < -0.4 is 5.32 Å². The maximum atomic E-state index is 10.8. The standard InChI is InChI=1S/C13H10BrIN2O2/c14-13-9(2-1-3-12(13)17(18)19)8-16-11-6-4-10(15)5-7-11/h1-7,16H,8H2. The van der Waals surface area contributed by atoms with E-state index in [2.05, 4.69) is 43.8 Å². The molecule has 0 saturated carbocycles. The van der Waals surface area contributed by atoms with Gasteiger partial charge < -0.3 is 5.32 Å². The van der Waals surface area contributed by atoms with Gasteiger partial charge in [-0.3, -0.25) is 10.1 Å². The van der Waals surface area contributed by atoms with E-state index in [1.165, 1.54) is 9.64 Å². The number of hydrogen-bond donors (Lipinski definition) is 1. The first-order valence-corrected chi connectivity index (χ1v) is 7.36. The maximum absolute atomic E-state index is 10.8. The van der Waals surface area contributed by atoms with Crippen LogP contribution in [0.1, 0.15) is 5.56 Å². The Morgan fingerprint density at radius 2 is 1.89 bits per heavy atom. The summed E-state index contributed by atoms with van der Waals surface area (Å²) < 4.78 is 1.69. The fourth-order valence-electron chi connectivity index (χ4n) is 1.61. The van der Waals surface area contributed by atoms with E-state index in [1.807, 2.05) is 30.3 Å². The second-order valence-corrected chi connectivity index (χ2v) is 5.91. The van der Waals surface area contributed by atoms with Crippen LogP contribution in [0.5, 0.6) is 0 Å². The summed E-state index contributed by atoms with van der Waals surface area (Å²) in [6.45, 7) is 0.531. The fourth-order valence-corrected chi connectivity index (χ4v) is 2.52. The SMILES string of the molecule is O=[N+]([O-])c1cccc(CNc2ccc(I)cc2)c1Br. The molecule has 2 aromatic carbocycles. The highest BCUT2D eigenvalue weighted by Gasteiger charge is 2.14. The van der Waals surface area contributed by atoms with E-state index in [1.54, 1.807) is 6.07 Å². The van der Waals surface area contributed by atoms with Gasteiger partial charge in [-0.1, -0.05) is 12.1 Å². The van der Waals surface area contributed by atoms with Crippen molar-refractivity contribution < 1.29 is 4.92 Å². The minimum atomic E-state index is -0.390. The molecule has 0 spiro atoms. The molecule has 1 N–H and O–H groups in total. The van der Waals surface area contributed by atoms with Gasteiger partial charge >= 0.3 is 0 Å². The number of anilines is 1. The zero-order chi connectivity index (χ0) is 13.8. The van der Waals surface area contributed by atoms with Gasteiger partial charge in [-0.05, 0) is 68.3 Å². The van der Waals surface area contributed by atoms with Crippen molar-refractivity contribution in [3.05, 3.63) is 66.2 Å². The van der Waals surface area contributed by atoms with Crippen molar-refractivity contribution in [3.63, 3.8) is 0 Å². The van der Waals surface area contributed by atoms with Crippen LogP contribution in [0.4, 0.5) is 11.4 Å². The summed E-state index contributed by atoms with van der Waals surface area (Å²) in [5.41, 5.74) is 1.92. The van der Waals surface area contributed by atoms with Crippen molar-refractivity contribution in [3.8, 4) is 0 Å². The lowest BCUT2D eigenvalue weighted by molar-refractivity contribution is -0.385. The minimum Gasteiger partial charge on any atom is -0.381 e. The second kappa shape index (κ2) is 6.33. The molecule has 0 aliphatic rings. The van der Waals surface area contributed by atoms with E-state index in [-0.39, 0.29) is 5.69 Å². The highest BCUT2D eigenvalue weighted by molar-refractivity contribution is 14.1. The Balaban J connectivity index is 2.13. The van der Waals surface area contributed by atoms with Crippen LogP contribution in [0.3, 0.4) is 0 Å². The Kier molecular flexibility index (Phi) is 4.76. The summed E-state index contributed by atoms with van der Waals surface area (Å²) >= 11 is 5.53. The van der Waals surface area contributed by atoms with Gasteiger partial charge in [0.2, 0.25) is 0 Å². The number of benzene rings is 2. The Labute approximate surface area is 132 Å². The van der Waals surface area contributed by atoms with E-state index in [9.17, 15) is 10.1 Å². The zero-order valence-corrected chi connectivity index (χ0v) is 13.5. The molecule has 0 saturated heterocycles. The van der Waals surface area contributed by atoms with Crippen molar-refractivity contribution in [2.24, 2.45) is 0 Å². The Bertz CT molecular complexity index is 602. The molecule has 0 aliphatic heterocycles. The van der Waals surface area contributed by atoms with Crippen molar-refractivity contribution in [2.75, 3.05) is 5.32 Å². The third-order valence-electron chi connectivity index (χ3n) is 2.58. The maximum Gasteiger partial charge on any atom is 0.283 e. The molecule has 0 fully saturated rings. The average molecular weight is 433 g/mol. The number of hydrogen-bond acceptors (Lipinski definition) is 3. The van der Waals surface area contributed by atoms with Crippen LogP contribution in [0, 0.1) is 13.7 Å². The van der Waals surface area contributed by atoms with Crippen LogP contribution >= 0.6 is 38.5 Å². The fraction of sp³-hybridized carbons (Fsp3) is 0.0769. The first-order valence-electron chi connectivity index (χ1n) is 5.49. The zero-order valence-electron chi connectivity index (χ0n) is 9.77. The van der Waals surface area contributed by atoms with Gasteiger partial charge in [0, 0.05) is 21.9 Å². The lowest BCUT2D eigenvalue weighted by Gasteiger charge is -2.08. The quantitative estimate of drug-likeness (QED) is 0.437. The van der Waals surface area contributed by atoms with Gasteiger partial charge in [0.05, 0.1) is 4.92 Å². The van der Waals surface area contributed by atoms with Crippen molar-refractivity contribution in [1.29, 1.82) is 0 Å². The molecule has 0 heterocycles. The van der Waals surface area contributed by atoms with Crippen molar-refractivity contribution in [2.45, 2.75) is 6.54 Å². The van der Waals surface area contributed by atoms with E-state index >= 15 is 0 Å². The van der Waals surface area contributed by atoms with E-state index < -0.39 is 4.92 Å². The molecule has 0 bridgehead atoms. The molecule has 98 valence electrons. The van der Waals surface area contributed by atoms with Crippen LogP contribution in [0.2, 0.25) is 0 Å². The summed E-state index contributed by atoms with van der Waals surface area (Å²) in [7, 11) is 0. The van der Waals surface area contributed by atoms with Gasteiger partial charge in [0.1, 0.15) is 4.47 Å².